The Hall–Kier alpha value is 1.02. The van der Waals surface area contributed by atoms with E-state index in [9.17, 15) is 5.11 Å². The maximum absolute atomic E-state index is 11.8. The van der Waals surface area contributed by atoms with Crippen molar-refractivity contribution in [3.63, 3.8) is 0 Å². The Morgan fingerprint density at radius 3 is 2.08 bits per heavy atom. The van der Waals surface area contributed by atoms with Gasteiger partial charge < -0.3 is 17.5 Å². The van der Waals surface area contributed by atoms with Crippen LogP contribution in [0.1, 0.15) is 46.0 Å². The first-order valence-electron chi connectivity index (χ1n) is 4.39. The molecule has 12 heavy (non-hydrogen) atoms. The zero-order valence-electron chi connectivity index (χ0n) is 8.11. The molecule has 0 spiro atoms. The first-order chi connectivity index (χ1) is 4.69. The molecule has 1 aliphatic rings. The van der Waals surface area contributed by atoms with E-state index in [2.05, 4.69) is 13.8 Å². The van der Waals surface area contributed by atoms with Crippen LogP contribution in [0.25, 0.3) is 0 Å². The molecule has 1 rings (SSSR count). The van der Waals surface area contributed by atoms with Crippen molar-refractivity contribution in [1.29, 1.82) is 0 Å². The van der Waals surface area contributed by atoms with Gasteiger partial charge in [0.05, 0.1) is 0 Å². The molecule has 1 aliphatic carbocycles. The SMILES string of the molecule is CCC(C)C1([O-])CCCC1.[Cl-].[Mg+2]. The second kappa shape index (κ2) is 6.47. The average molecular weight is 201 g/mol. The van der Waals surface area contributed by atoms with Crippen molar-refractivity contribution in [1.82, 2.24) is 0 Å². The summed E-state index contributed by atoms with van der Waals surface area (Å²) in [6, 6.07) is 0. The fraction of sp³-hybridized carbons (Fsp3) is 1.00. The molecule has 0 N–H and O–H groups in total. The molecule has 0 radical (unpaired) electrons. The van der Waals surface area contributed by atoms with Crippen LogP contribution in [-0.2, 0) is 0 Å². The minimum absolute atomic E-state index is 0. The molecule has 0 aromatic heterocycles. The summed E-state index contributed by atoms with van der Waals surface area (Å²) < 4.78 is 0. The van der Waals surface area contributed by atoms with Crippen molar-refractivity contribution in [2.24, 2.45) is 5.92 Å². The van der Waals surface area contributed by atoms with Gasteiger partial charge in [-0.05, 0) is 0 Å². The monoisotopic (exact) mass is 200 g/mol. The molecule has 3 heteroatoms. The Labute approximate surface area is 97.9 Å². The molecule has 0 aliphatic heterocycles. The third-order valence-corrected chi connectivity index (χ3v) is 2.96. The predicted molar refractivity (Wildman–Crippen MR) is 46.4 cm³/mol. The van der Waals surface area contributed by atoms with Gasteiger partial charge in [-0.15, -0.1) is 5.60 Å². The number of rotatable bonds is 2. The van der Waals surface area contributed by atoms with E-state index in [0.717, 1.165) is 32.1 Å². The number of hydrogen-bond donors (Lipinski definition) is 0. The molecule has 0 aromatic carbocycles. The van der Waals surface area contributed by atoms with Crippen LogP contribution in [0.2, 0.25) is 0 Å². The van der Waals surface area contributed by atoms with E-state index in [-0.39, 0.29) is 35.5 Å². The summed E-state index contributed by atoms with van der Waals surface area (Å²) in [6.07, 6.45) is 5.20. The molecule has 0 bridgehead atoms. The van der Waals surface area contributed by atoms with E-state index in [4.69, 9.17) is 0 Å². The molecule has 1 unspecified atom stereocenters. The van der Waals surface area contributed by atoms with Gasteiger partial charge in [-0.25, -0.2) is 0 Å². The predicted octanol–water partition coefficient (Wildman–Crippen LogP) is -1.67. The summed E-state index contributed by atoms with van der Waals surface area (Å²) >= 11 is 0. The first kappa shape index (κ1) is 15.5. The number of halogens is 1. The molecule has 0 aromatic rings. The van der Waals surface area contributed by atoms with Crippen LogP contribution in [0.3, 0.4) is 0 Å². The van der Waals surface area contributed by atoms with E-state index in [1.54, 1.807) is 0 Å². The minimum Gasteiger partial charge on any atom is -1.00 e. The summed E-state index contributed by atoms with van der Waals surface area (Å²) in [6.45, 7) is 4.21. The van der Waals surface area contributed by atoms with Crippen LogP contribution in [-0.4, -0.2) is 28.7 Å². The van der Waals surface area contributed by atoms with E-state index < -0.39 is 5.60 Å². The van der Waals surface area contributed by atoms with Crippen LogP contribution in [0, 0.1) is 5.92 Å². The Kier molecular flexibility index (Phi) is 8.35. The topological polar surface area (TPSA) is 23.1 Å². The maximum Gasteiger partial charge on any atom is 2.00 e. The molecule has 0 heterocycles. The van der Waals surface area contributed by atoms with Crippen molar-refractivity contribution in [3.05, 3.63) is 0 Å². The zero-order chi connectivity index (χ0) is 7.61. The van der Waals surface area contributed by atoms with Crippen molar-refractivity contribution < 1.29 is 17.5 Å². The fourth-order valence-corrected chi connectivity index (χ4v) is 1.84. The second-order valence-electron chi connectivity index (χ2n) is 3.58. The van der Waals surface area contributed by atoms with Crippen LogP contribution < -0.4 is 17.5 Å². The van der Waals surface area contributed by atoms with Crippen LogP contribution in [0.5, 0.6) is 0 Å². The summed E-state index contributed by atoms with van der Waals surface area (Å²) in [4.78, 5) is 0. The third kappa shape index (κ3) is 3.40. The Morgan fingerprint density at radius 1 is 1.33 bits per heavy atom. The summed E-state index contributed by atoms with van der Waals surface area (Å²) in [5.74, 6) is 0.384. The normalized spacial score (nSPS) is 22.2. The number of hydrogen-bond acceptors (Lipinski definition) is 1. The molecule has 1 saturated carbocycles. The Bertz CT molecular complexity index is 113. The third-order valence-electron chi connectivity index (χ3n) is 2.96. The molecule has 1 atom stereocenters. The quantitative estimate of drug-likeness (QED) is 0.490. The summed E-state index contributed by atoms with van der Waals surface area (Å²) in [5, 5.41) is 11.8. The second-order valence-corrected chi connectivity index (χ2v) is 3.58. The van der Waals surface area contributed by atoms with E-state index in [0.29, 0.717) is 5.92 Å². The molecule has 0 saturated heterocycles. The van der Waals surface area contributed by atoms with Crippen molar-refractivity contribution in [2.45, 2.75) is 51.6 Å². The first-order valence-corrected chi connectivity index (χ1v) is 4.39. The summed E-state index contributed by atoms with van der Waals surface area (Å²) in [7, 11) is 0. The van der Waals surface area contributed by atoms with Crippen LogP contribution in [0.15, 0.2) is 0 Å². The van der Waals surface area contributed by atoms with Crippen LogP contribution >= 0.6 is 0 Å². The average Bonchev–Trinajstić information content (AvgIpc) is 2.36. The Balaban J connectivity index is 0. The minimum atomic E-state index is -0.547. The zero-order valence-corrected chi connectivity index (χ0v) is 10.3. The van der Waals surface area contributed by atoms with Gasteiger partial charge in [0.15, 0.2) is 0 Å². The molecule has 1 fully saturated rings. The van der Waals surface area contributed by atoms with Gasteiger partial charge in [-0.1, -0.05) is 51.9 Å². The van der Waals surface area contributed by atoms with E-state index >= 15 is 0 Å². The van der Waals surface area contributed by atoms with Crippen molar-refractivity contribution in [3.8, 4) is 0 Å². The smallest absolute Gasteiger partial charge is 1.00 e. The molecule has 68 valence electrons. The van der Waals surface area contributed by atoms with Crippen molar-refractivity contribution in [2.75, 3.05) is 0 Å². The van der Waals surface area contributed by atoms with Gasteiger partial charge in [0, 0.05) is 0 Å². The van der Waals surface area contributed by atoms with Gasteiger partial charge in [-0.2, -0.15) is 0 Å². The molecular formula is C9H17ClMgO. The van der Waals surface area contributed by atoms with Gasteiger partial charge in [0.1, 0.15) is 0 Å². The van der Waals surface area contributed by atoms with E-state index in [1.807, 2.05) is 0 Å². The van der Waals surface area contributed by atoms with Gasteiger partial charge in [0.2, 0.25) is 0 Å². The molecular weight excluding hydrogens is 184 g/mol. The van der Waals surface area contributed by atoms with Crippen molar-refractivity contribution >= 4 is 23.1 Å². The standard InChI is InChI=1S/C9H17O.ClH.Mg/c1-3-8(2)9(10)6-4-5-7-9;;/h8H,3-7H2,1-2H3;1H;/q-1;;+2/p-1. The molecule has 1 nitrogen and oxygen atoms in total. The van der Waals surface area contributed by atoms with Gasteiger partial charge >= 0.3 is 23.1 Å². The van der Waals surface area contributed by atoms with Gasteiger partial charge in [0.25, 0.3) is 0 Å². The van der Waals surface area contributed by atoms with E-state index in [1.165, 1.54) is 0 Å². The fourth-order valence-electron chi connectivity index (χ4n) is 1.84. The van der Waals surface area contributed by atoms with Crippen LogP contribution in [0.4, 0.5) is 0 Å². The largest absolute Gasteiger partial charge is 2.00 e. The van der Waals surface area contributed by atoms with Gasteiger partial charge in [-0.3, -0.25) is 0 Å². The Morgan fingerprint density at radius 2 is 1.75 bits per heavy atom. The summed E-state index contributed by atoms with van der Waals surface area (Å²) in [5.41, 5.74) is -0.547. The maximum atomic E-state index is 11.8. The molecule has 0 amide bonds.